The number of amides is 6. The van der Waals surface area contributed by atoms with Gasteiger partial charge in [-0.3, -0.25) is 28.8 Å². The molecule has 4 saturated heterocycles. The van der Waals surface area contributed by atoms with Crippen molar-refractivity contribution in [1.29, 1.82) is 0 Å². The average molecular weight is 989 g/mol. The van der Waals surface area contributed by atoms with Crippen LogP contribution in [0.4, 0.5) is 0 Å². The Morgan fingerprint density at radius 1 is 0.589 bits per heavy atom. The zero-order valence-electron chi connectivity index (χ0n) is 41.8. The summed E-state index contributed by atoms with van der Waals surface area (Å²) in [7, 11) is 3.31. The smallest absolute Gasteiger partial charge is 0.247 e. The molecule has 0 saturated carbocycles. The standard InChI is InChI=1S/C55H64N12O6/c1-32(56-3)52(70)60-42-30-64(27-25-36-21-23-44(66(36)54(42)72)50-58-40-19-11-17-38(48(40)62-50)34-13-7-5-8-14-34)46(68)29-47(69)65-28-26-37-22-24-45(67(37)55(73)43(31-65)61-53(71)33(2)57-4)51-59-41-20-12-18-39(49(41)63-51)35-15-9-6-10-16-35/h5-20,32-33,36-37,42-45,56-57H,21-31H2,1-4H3,(H,58,62)(H,59,63)(H,60,70)(H,61,71)/t32-,33-,36+,37+,42-,43-,44-,45-/m0/s1. The SMILES string of the molecule is CN[C@@H](C)C(=O)N[C@H]1CN(C(=O)CC(=O)N2CC[C@H]3CC[C@@H](c4nc5cccc(-c6ccccc6)c5[nH]4)N3C(=O)[C@@H](NC(=O)[C@H](C)NC)C2)CC[C@H]2CC[C@@H](c3nc4c(-c5ccccc5)cccc4[nH]3)N2C1=O. The van der Waals surface area contributed by atoms with Crippen molar-refractivity contribution in [3.05, 3.63) is 109 Å². The minimum atomic E-state index is -1.11. The number of nitrogens with zero attached hydrogens (tertiary/aromatic N) is 6. The molecule has 4 fully saturated rings. The fourth-order valence-corrected chi connectivity index (χ4v) is 11.3. The fraction of sp³-hybridized carbons (Fsp3) is 0.418. The van der Waals surface area contributed by atoms with Crippen LogP contribution in [0.3, 0.4) is 0 Å². The lowest BCUT2D eigenvalue weighted by molar-refractivity contribution is -0.147. The maximum Gasteiger partial charge on any atom is 0.247 e. The van der Waals surface area contributed by atoms with Gasteiger partial charge < -0.3 is 50.8 Å². The molecule has 0 spiro atoms. The Morgan fingerprint density at radius 2 is 1.08 bits per heavy atom. The van der Waals surface area contributed by atoms with E-state index in [1.165, 1.54) is 9.80 Å². The van der Waals surface area contributed by atoms with Crippen LogP contribution in [-0.2, 0) is 28.8 Å². The van der Waals surface area contributed by atoms with Gasteiger partial charge in [-0.2, -0.15) is 0 Å². The van der Waals surface area contributed by atoms with Gasteiger partial charge in [-0.1, -0.05) is 84.9 Å². The van der Waals surface area contributed by atoms with Crippen LogP contribution in [0.2, 0.25) is 0 Å². The largest absolute Gasteiger partial charge is 0.341 e. The summed E-state index contributed by atoms with van der Waals surface area (Å²) < 4.78 is 0. The van der Waals surface area contributed by atoms with Crippen LogP contribution in [-0.4, -0.2) is 152 Å². The monoisotopic (exact) mass is 989 g/mol. The molecule has 10 rings (SSSR count). The van der Waals surface area contributed by atoms with Gasteiger partial charge in [0.25, 0.3) is 0 Å². The summed E-state index contributed by atoms with van der Waals surface area (Å²) in [5.74, 6) is -1.13. The Morgan fingerprint density at radius 3 is 1.62 bits per heavy atom. The fourth-order valence-electron chi connectivity index (χ4n) is 11.3. The number of benzene rings is 4. The van der Waals surface area contributed by atoms with E-state index >= 15 is 0 Å². The quantitative estimate of drug-likeness (QED) is 0.0938. The summed E-state index contributed by atoms with van der Waals surface area (Å²) in [5, 5.41) is 11.7. The van der Waals surface area contributed by atoms with Crippen molar-refractivity contribution in [2.45, 2.75) is 107 Å². The zero-order chi connectivity index (χ0) is 50.9. The van der Waals surface area contributed by atoms with Gasteiger partial charge in [0.1, 0.15) is 30.2 Å². The van der Waals surface area contributed by atoms with Gasteiger partial charge in [-0.25, -0.2) is 9.97 Å². The average Bonchev–Trinajstić information content (AvgIpc) is 4.23. The van der Waals surface area contributed by atoms with Crippen molar-refractivity contribution in [2.75, 3.05) is 40.3 Å². The van der Waals surface area contributed by atoms with E-state index in [1.807, 2.05) is 107 Å². The molecule has 0 aliphatic carbocycles. The van der Waals surface area contributed by atoms with Crippen molar-refractivity contribution in [2.24, 2.45) is 0 Å². The third-order valence-corrected chi connectivity index (χ3v) is 15.5. The molecule has 0 unspecified atom stereocenters. The van der Waals surface area contributed by atoms with Gasteiger partial charge in [-0.15, -0.1) is 0 Å². The number of H-pyrrole nitrogens is 2. The molecule has 0 bridgehead atoms. The van der Waals surface area contributed by atoms with E-state index in [2.05, 4.69) is 31.2 Å². The van der Waals surface area contributed by atoms with Crippen molar-refractivity contribution < 1.29 is 28.8 Å². The highest BCUT2D eigenvalue weighted by molar-refractivity contribution is 5.99. The van der Waals surface area contributed by atoms with Crippen LogP contribution in [0.1, 0.15) is 82.5 Å². The Labute approximate surface area is 424 Å². The van der Waals surface area contributed by atoms with Gasteiger partial charge >= 0.3 is 0 Å². The summed E-state index contributed by atoms with van der Waals surface area (Å²) >= 11 is 0. The van der Waals surface area contributed by atoms with E-state index in [0.717, 1.165) is 44.3 Å². The number of imidazole rings is 2. The molecule has 4 aliphatic rings. The van der Waals surface area contributed by atoms with Crippen LogP contribution < -0.4 is 21.3 Å². The van der Waals surface area contributed by atoms with Crippen LogP contribution in [0.5, 0.6) is 0 Å². The Balaban J connectivity index is 0.874. The number of hydrogen-bond acceptors (Lipinski definition) is 10. The Hall–Kier alpha value is -7.44. The molecule has 6 aromatic rings. The summed E-state index contributed by atoms with van der Waals surface area (Å²) in [6.07, 6.45) is 2.95. The normalized spacial score (nSPS) is 23.3. The molecule has 6 heterocycles. The number of carbonyl (C=O) groups excluding carboxylic acids is 6. The molecule has 4 aromatic carbocycles. The third-order valence-electron chi connectivity index (χ3n) is 15.5. The van der Waals surface area contributed by atoms with Gasteiger partial charge in [0.05, 0.1) is 46.2 Å². The zero-order valence-corrected chi connectivity index (χ0v) is 41.8. The number of likely N-dealkylation sites (N-methyl/N-ethyl adjacent to an activating group) is 2. The van der Waals surface area contributed by atoms with Crippen LogP contribution in [0.15, 0.2) is 97.1 Å². The first-order valence-corrected chi connectivity index (χ1v) is 25.6. The number of aromatic nitrogens is 4. The topological polar surface area (TPSA) is 221 Å². The molecule has 6 N–H and O–H groups in total. The van der Waals surface area contributed by atoms with Crippen molar-refractivity contribution >= 4 is 57.5 Å². The molecule has 8 atom stereocenters. The predicted molar refractivity (Wildman–Crippen MR) is 276 cm³/mol. The second-order valence-electron chi connectivity index (χ2n) is 19.9. The summed E-state index contributed by atoms with van der Waals surface area (Å²) in [4.78, 5) is 110. The van der Waals surface area contributed by atoms with E-state index in [-0.39, 0.29) is 50.1 Å². The molecular formula is C55H64N12O6. The van der Waals surface area contributed by atoms with Gasteiger partial charge in [0.15, 0.2) is 0 Å². The molecule has 6 amide bonds. The lowest BCUT2D eigenvalue weighted by atomic mass is 10.0. The van der Waals surface area contributed by atoms with E-state index in [4.69, 9.17) is 9.97 Å². The lowest BCUT2D eigenvalue weighted by Crippen LogP contribution is -2.61. The van der Waals surface area contributed by atoms with Crippen molar-refractivity contribution in [3.8, 4) is 22.3 Å². The number of para-hydroxylation sites is 2. The molecular weight excluding hydrogens is 925 g/mol. The predicted octanol–water partition coefficient (Wildman–Crippen LogP) is 4.58. The van der Waals surface area contributed by atoms with Crippen molar-refractivity contribution in [1.82, 2.24) is 60.8 Å². The summed E-state index contributed by atoms with van der Waals surface area (Å²) in [5.41, 5.74) is 7.34. The number of carbonyl (C=O) groups is 6. The third kappa shape index (κ3) is 9.80. The van der Waals surface area contributed by atoms with Crippen LogP contribution in [0.25, 0.3) is 44.3 Å². The van der Waals surface area contributed by atoms with Crippen LogP contribution in [0, 0.1) is 0 Å². The highest BCUT2D eigenvalue weighted by Gasteiger charge is 2.47. The second kappa shape index (κ2) is 21.0. The number of fused-ring (bicyclic) bond motifs is 4. The molecule has 380 valence electrons. The minimum absolute atomic E-state index is 0.145. The van der Waals surface area contributed by atoms with Crippen molar-refractivity contribution in [3.63, 3.8) is 0 Å². The van der Waals surface area contributed by atoms with Crippen LogP contribution >= 0.6 is 0 Å². The molecule has 4 aliphatic heterocycles. The first-order valence-electron chi connectivity index (χ1n) is 25.6. The minimum Gasteiger partial charge on any atom is -0.341 e. The second-order valence-corrected chi connectivity index (χ2v) is 19.9. The highest BCUT2D eigenvalue weighted by atomic mass is 16.2. The molecule has 18 heteroatoms. The first-order chi connectivity index (χ1) is 35.4. The van der Waals surface area contributed by atoms with E-state index < -0.39 is 66.3 Å². The maximum atomic E-state index is 14.9. The van der Waals surface area contributed by atoms with E-state index in [9.17, 15) is 28.8 Å². The lowest BCUT2D eigenvalue weighted by Gasteiger charge is -2.40. The summed E-state index contributed by atoms with van der Waals surface area (Å²) in [6, 6.07) is 27.2. The summed E-state index contributed by atoms with van der Waals surface area (Å²) in [6.45, 7) is 3.58. The Kier molecular flexibility index (Phi) is 14.1. The first kappa shape index (κ1) is 49.2. The maximum absolute atomic E-state index is 14.9. The molecule has 2 aromatic heterocycles. The number of aromatic amines is 2. The number of rotatable bonds is 12. The molecule has 18 nitrogen and oxygen atoms in total. The highest BCUT2D eigenvalue weighted by Crippen LogP contribution is 2.41. The van der Waals surface area contributed by atoms with E-state index in [1.54, 1.807) is 27.9 Å². The van der Waals surface area contributed by atoms with Gasteiger partial charge in [-0.05, 0) is 89.7 Å². The van der Waals surface area contributed by atoms with Gasteiger partial charge in [0, 0.05) is 49.4 Å². The number of nitrogens with one attached hydrogen (secondary N) is 6. The molecule has 0 radical (unpaired) electrons. The van der Waals surface area contributed by atoms with Gasteiger partial charge in [0.2, 0.25) is 35.4 Å². The number of hydrogen-bond donors (Lipinski definition) is 6. The molecule has 73 heavy (non-hydrogen) atoms. The Bertz CT molecular complexity index is 2830. The van der Waals surface area contributed by atoms with E-state index in [0.29, 0.717) is 50.2 Å².